The van der Waals surface area contributed by atoms with Gasteiger partial charge in [-0.15, -0.1) is 0 Å². The minimum Gasteiger partial charge on any atom is -0.0693 e. The molecule has 1 rings (SSSR count). The zero-order chi connectivity index (χ0) is 9.19. The van der Waals surface area contributed by atoms with Crippen molar-refractivity contribution >= 4 is 8.07 Å². The van der Waals surface area contributed by atoms with Gasteiger partial charge in [0.1, 0.15) is 0 Å². The second kappa shape index (κ2) is 3.95. The van der Waals surface area contributed by atoms with E-state index in [9.17, 15) is 0 Å². The largest absolute Gasteiger partial charge is 0.0693 e. The number of hydrogen-bond donors (Lipinski definition) is 0. The van der Waals surface area contributed by atoms with E-state index in [2.05, 4.69) is 26.6 Å². The maximum absolute atomic E-state index is 2.53. The first kappa shape index (κ1) is 10.3. The zero-order valence-corrected chi connectivity index (χ0v) is 10.2. The second-order valence-electron chi connectivity index (χ2n) is 5.46. The Labute approximate surface area is 78.8 Å². The van der Waals surface area contributed by atoms with E-state index >= 15 is 0 Å². The van der Waals surface area contributed by atoms with Crippen LogP contribution < -0.4 is 0 Å². The second-order valence-corrected chi connectivity index (χ2v) is 10.9. The Morgan fingerprint density at radius 3 is 2.25 bits per heavy atom. The Kier molecular flexibility index (Phi) is 3.39. The SMILES string of the molecule is CCCCC[C@@H]1C[C@@H]1[Si](C)(C)C. The predicted molar refractivity (Wildman–Crippen MR) is 59.3 cm³/mol. The molecule has 1 heteroatoms. The third kappa shape index (κ3) is 2.93. The van der Waals surface area contributed by atoms with Gasteiger partial charge in [-0.05, 0) is 17.9 Å². The standard InChI is InChI=1S/C11H24Si/c1-5-6-7-8-10-9-11(10)12(2,3)4/h10-11H,5-9H2,1-4H3/t10-,11+/m1/s1. The van der Waals surface area contributed by atoms with E-state index in [1.165, 1.54) is 31.2 Å². The summed E-state index contributed by atoms with van der Waals surface area (Å²) < 4.78 is 0. The van der Waals surface area contributed by atoms with E-state index in [0.29, 0.717) is 0 Å². The summed E-state index contributed by atoms with van der Waals surface area (Å²) in [4.78, 5) is 0. The van der Waals surface area contributed by atoms with Crippen molar-refractivity contribution in [2.24, 2.45) is 5.92 Å². The summed E-state index contributed by atoms with van der Waals surface area (Å²) in [7, 11) is -0.747. The molecule has 0 aromatic rings. The fourth-order valence-corrected chi connectivity index (χ4v) is 4.87. The van der Waals surface area contributed by atoms with Crippen LogP contribution in [0.4, 0.5) is 0 Å². The molecule has 0 aliphatic heterocycles. The van der Waals surface area contributed by atoms with E-state index in [1.54, 1.807) is 6.42 Å². The van der Waals surface area contributed by atoms with Crippen molar-refractivity contribution < 1.29 is 0 Å². The smallest absolute Gasteiger partial charge is 0.0476 e. The van der Waals surface area contributed by atoms with Crippen LogP contribution in [0.1, 0.15) is 39.0 Å². The molecular formula is C11H24Si. The lowest BCUT2D eigenvalue weighted by Crippen LogP contribution is -2.20. The highest BCUT2D eigenvalue weighted by molar-refractivity contribution is 6.78. The molecule has 1 fully saturated rings. The van der Waals surface area contributed by atoms with Gasteiger partial charge in [0.25, 0.3) is 0 Å². The third-order valence-corrected chi connectivity index (χ3v) is 6.15. The van der Waals surface area contributed by atoms with Crippen molar-refractivity contribution in [1.82, 2.24) is 0 Å². The van der Waals surface area contributed by atoms with Crippen molar-refractivity contribution in [1.29, 1.82) is 0 Å². The van der Waals surface area contributed by atoms with Crippen LogP contribution in [-0.2, 0) is 0 Å². The van der Waals surface area contributed by atoms with Crippen LogP contribution in [0, 0.1) is 5.92 Å². The van der Waals surface area contributed by atoms with E-state index in [0.717, 1.165) is 5.92 Å². The van der Waals surface area contributed by atoms with Crippen LogP contribution in [0.3, 0.4) is 0 Å². The highest BCUT2D eigenvalue weighted by atomic mass is 28.3. The van der Waals surface area contributed by atoms with Gasteiger partial charge in [-0.1, -0.05) is 52.2 Å². The van der Waals surface area contributed by atoms with Gasteiger partial charge in [0.15, 0.2) is 0 Å². The lowest BCUT2D eigenvalue weighted by atomic mass is 10.1. The normalized spacial score (nSPS) is 29.0. The number of unbranched alkanes of at least 4 members (excludes halogenated alkanes) is 2. The summed E-state index contributed by atoms with van der Waals surface area (Å²) in [5.74, 6) is 1.14. The predicted octanol–water partition coefficient (Wildman–Crippen LogP) is 4.30. The van der Waals surface area contributed by atoms with Gasteiger partial charge in [-0.3, -0.25) is 0 Å². The fourth-order valence-electron chi connectivity index (χ4n) is 2.28. The molecule has 1 aliphatic carbocycles. The van der Waals surface area contributed by atoms with Gasteiger partial charge < -0.3 is 0 Å². The summed E-state index contributed by atoms with van der Waals surface area (Å²) in [6.45, 7) is 9.87. The molecule has 0 amide bonds. The van der Waals surface area contributed by atoms with E-state index in [4.69, 9.17) is 0 Å². The molecule has 0 nitrogen and oxygen atoms in total. The van der Waals surface area contributed by atoms with Gasteiger partial charge >= 0.3 is 0 Å². The van der Waals surface area contributed by atoms with Gasteiger partial charge in [0.05, 0.1) is 0 Å². The molecule has 0 unspecified atom stereocenters. The quantitative estimate of drug-likeness (QED) is 0.441. The molecule has 0 bridgehead atoms. The van der Waals surface area contributed by atoms with Crippen LogP contribution in [0.5, 0.6) is 0 Å². The maximum Gasteiger partial charge on any atom is 0.0476 e. The van der Waals surface area contributed by atoms with Crippen LogP contribution in [-0.4, -0.2) is 8.07 Å². The van der Waals surface area contributed by atoms with E-state index in [1.807, 2.05) is 0 Å². The van der Waals surface area contributed by atoms with Crippen molar-refractivity contribution in [3.05, 3.63) is 0 Å². The van der Waals surface area contributed by atoms with Crippen LogP contribution in [0.15, 0.2) is 0 Å². The van der Waals surface area contributed by atoms with E-state index < -0.39 is 8.07 Å². The van der Waals surface area contributed by atoms with Crippen LogP contribution >= 0.6 is 0 Å². The molecule has 1 saturated carbocycles. The van der Waals surface area contributed by atoms with Crippen molar-refractivity contribution in [2.45, 2.75) is 64.2 Å². The maximum atomic E-state index is 2.53. The first-order valence-corrected chi connectivity index (χ1v) is 9.13. The Balaban J connectivity index is 2.08. The summed E-state index contributed by atoms with van der Waals surface area (Å²) >= 11 is 0. The van der Waals surface area contributed by atoms with E-state index in [-0.39, 0.29) is 0 Å². The molecule has 12 heavy (non-hydrogen) atoms. The average Bonchev–Trinajstić information content (AvgIpc) is 2.66. The summed E-state index contributed by atoms with van der Waals surface area (Å²) in [5, 5.41) is 0. The zero-order valence-electron chi connectivity index (χ0n) is 9.19. The summed E-state index contributed by atoms with van der Waals surface area (Å²) in [5.41, 5.74) is 1.18. The van der Waals surface area contributed by atoms with Crippen molar-refractivity contribution in [3.63, 3.8) is 0 Å². The topological polar surface area (TPSA) is 0 Å². The first-order valence-electron chi connectivity index (χ1n) is 5.55. The third-order valence-electron chi connectivity index (χ3n) is 3.21. The van der Waals surface area contributed by atoms with Gasteiger partial charge in [0, 0.05) is 8.07 Å². The highest BCUT2D eigenvalue weighted by Crippen LogP contribution is 2.54. The fraction of sp³-hybridized carbons (Fsp3) is 1.00. The molecule has 0 heterocycles. The van der Waals surface area contributed by atoms with Crippen molar-refractivity contribution in [3.8, 4) is 0 Å². The Morgan fingerprint density at radius 2 is 1.83 bits per heavy atom. The summed E-state index contributed by atoms with van der Waals surface area (Å²) in [6.07, 6.45) is 7.42. The number of hydrogen-bond acceptors (Lipinski definition) is 0. The van der Waals surface area contributed by atoms with Crippen molar-refractivity contribution in [2.75, 3.05) is 0 Å². The average molecular weight is 184 g/mol. The number of rotatable bonds is 5. The van der Waals surface area contributed by atoms with Crippen LogP contribution in [0.25, 0.3) is 0 Å². The first-order chi connectivity index (χ1) is 5.55. The lowest BCUT2D eigenvalue weighted by molar-refractivity contribution is 0.618. The van der Waals surface area contributed by atoms with Gasteiger partial charge in [-0.2, -0.15) is 0 Å². The molecule has 0 radical (unpaired) electrons. The Bertz CT molecular complexity index is 134. The Morgan fingerprint density at radius 1 is 1.17 bits per heavy atom. The minimum absolute atomic E-state index is 0.747. The molecule has 1 aliphatic rings. The van der Waals surface area contributed by atoms with Crippen LogP contribution in [0.2, 0.25) is 25.2 Å². The monoisotopic (exact) mass is 184 g/mol. The van der Waals surface area contributed by atoms with Gasteiger partial charge in [0.2, 0.25) is 0 Å². The molecule has 0 aromatic heterocycles. The highest BCUT2D eigenvalue weighted by Gasteiger charge is 2.44. The summed E-state index contributed by atoms with van der Waals surface area (Å²) in [6, 6.07) is 0. The lowest BCUT2D eigenvalue weighted by Gasteiger charge is -2.15. The molecule has 72 valence electrons. The van der Waals surface area contributed by atoms with Gasteiger partial charge in [-0.25, -0.2) is 0 Å². The molecule has 2 atom stereocenters. The molecule has 0 aromatic carbocycles. The molecule has 0 saturated heterocycles. The Hall–Kier alpha value is 0.217. The molecule has 0 N–H and O–H groups in total. The molecular weight excluding hydrogens is 160 g/mol. The minimum atomic E-state index is -0.747. The molecule has 0 spiro atoms.